The summed E-state index contributed by atoms with van der Waals surface area (Å²) in [6, 6.07) is 13.9. The molecule has 3 aromatic rings. The Bertz CT molecular complexity index is 878. The van der Waals surface area contributed by atoms with Crippen molar-refractivity contribution in [3.63, 3.8) is 0 Å². The van der Waals surface area contributed by atoms with Gasteiger partial charge in [0.1, 0.15) is 11.6 Å². The normalized spacial score (nSPS) is 10.5. The zero-order chi connectivity index (χ0) is 18.4. The van der Waals surface area contributed by atoms with Crippen molar-refractivity contribution in [1.29, 1.82) is 0 Å². The lowest BCUT2D eigenvalue weighted by Crippen LogP contribution is -2.12. The quantitative estimate of drug-likeness (QED) is 0.592. The van der Waals surface area contributed by atoms with Crippen LogP contribution in [0, 0.1) is 12.7 Å². The van der Waals surface area contributed by atoms with Crippen LogP contribution in [0.4, 0.5) is 9.52 Å². The number of anilines is 1. The fraction of sp³-hybridized carbons (Fsp3) is 0.200. The summed E-state index contributed by atoms with van der Waals surface area (Å²) in [5, 5.41) is 5.17. The summed E-state index contributed by atoms with van der Waals surface area (Å²) in [6.45, 7) is 2.47. The van der Waals surface area contributed by atoms with Gasteiger partial charge in [-0.15, -0.1) is 11.3 Å². The second kappa shape index (κ2) is 8.58. The third-order valence-electron chi connectivity index (χ3n) is 3.79. The smallest absolute Gasteiger partial charge is 0.226 e. The molecule has 6 heteroatoms. The molecule has 0 spiro atoms. The lowest BCUT2D eigenvalue weighted by atomic mass is 10.2. The number of para-hydroxylation sites is 1. The topological polar surface area (TPSA) is 51.2 Å². The number of amides is 1. The third kappa shape index (κ3) is 4.89. The number of thiazole rings is 1. The van der Waals surface area contributed by atoms with Crippen molar-refractivity contribution < 1.29 is 13.9 Å². The van der Waals surface area contributed by atoms with E-state index in [2.05, 4.69) is 10.3 Å². The first-order valence-electron chi connectivity index (χ1n) is 8.31. The molecule has 2 aromatic carbocycles. The average Bonchev–Trinajstić information content (AvgIpc) is 3.09. The summed E-state index contributed by atoms with van der Waals surface area (Å²) in [6.07, 6.45) is 0.980. The van der Waals surface area contributed by atoms with Crippen molar-refractivity contribution in [2.45, 2.75) is 19.8 Å². The SMILES string of the molecule is Cc1ccccc1OCCCC(=O)Nc1nc(-c2ccc(F)cc2)cs1. The number of hydrogen-bond acceptors (Lipinski definition) is 4. The molecular weight excluding hydrogens is 351 g/mol. The zero-order valence-electron chi connectivity index (χ0n) is 14.4. The van der Waals surface area contributed by atoms with Gasteiger partial charge in [0.15, 0.2) is 5.13 Å². The Labute approximate surface area is 155 Å². The number of carbonyl (C=O) groups excluding carboxylic acids is 1. The van der Waals surface area contributed by atoms with Crippen LogP contribution < -0.4 is 10.1 Å². The number of benzene rings is 2. The van der Waals surface area contributed by atoms with Gasteiger partial charge in [-0.2, -0.15) is 0 Å². The van der Waals surface area contributed by atoms with Crippen molar-refractivity contribution in [3.05, 3.63) is 65.3 Å². The monoisotopic (exact) mass is 370 g/mol. The van der Waals surface area contributed by atoms with Crippen LogP contribution in [0.3, 0.4) is 0 Å². The van der Waals surface area contributed by atoms with Gasteiger partial charge < -0.3 is 10.1 Å². The highest BCUT2D eigenvalue weighted by molar-refractivity contribution is 7.14. The number of ether oxygens (including phenoxy) is 1. The molecule has 0 aliphatic heterocycles. The summed E-state index contributed by atoms with van der Waals surface area (Å²) in [5.74, 6) is 0.459. The largest absolute Gasteiger partial charge is 0.493 e. The molecule has 134 valence electrons. The number of aromatic nitrogens is 1. The highest BCUT2D eigenvalue weighted by atomic mass is 32.1. The van der Waals surface area contributed by atoms with Crippen LogP contribution in [0.25, 0.3) is 11.3 Å². The fourth-order valence-corrected chi connectivity index (χ4v) is 3.14. The maximum Gasteiger partial charge on any atom is 0.226 e. The molecule has 0 unspecified atom stereocenters. The number of aryl methyl sites for hydroxylation is 1. The summed E-state index contributed by atoms with van der Waals surface area (Å²) in [4.78, 5) is 16.4. The molecule has 1 aromatic heterocycles. The first kappa shape index (κ1) is 18.1. The first-order valence-corrected chi connectivity index (χ1v) is 9.19. The Balaban J connectivity index is 1.45. The van der Waals surface area contributed by atoms with E-state index in [9.17, 15) is 9.18 Å². The van der Waals surface area contributed by atoms with E-state index in [0.29, 0.717) is 30.3 Å². The molecule has 0 fully saturated rings. The van der Waals surface area contributed by atoms with Gasteiger partial charge in [0.05, 0.1) is 12.3 Å². The first-order chi connectivity index (χ1) is 12.6. The van der Waals surface area contributed by atoms with Crippen molar-refractivity contribution in [2.75, 3.05) is 11.9 Å². The van der Waals surface area contributed by atoms with Gasteiger partial charge in [-0.25, -0.2) is 9.37 Å². The molecule has 0 aliphatic rings. The van der Waals surface area contributed by atoms with E-state index in [1.807, 2.05) is 36.6 Å². The van der Waals surface area contributed by atoms with E-state index in [1.165, 1.54) is 23.5 Å². The fourth-order valence-electron chi connectivity index (χ4n) is 2.40. The van der Waals surface area contributed by atoms with Crippen LogP contribution >= 0.6 is 11.3 Å². The summed E-state index contributed by atoms with van der Waals surface area (Å²) in [5.41, 5.74) is 2.61. The molecule has 1 amide bonds. The zero-order valence-corrected chi connectivity index (χ0v) is 15.2. The standard InChI is InChI=1S/C20H19FN2O2S/c1-14-5-2-3-6-18(14)25-12-4-7-19(24)23-20-22-17(13-26-20)15-8-10-16(21)11-9-15/h2-3,5-6,8-11,13H,4,7,12H2,1H3,(H,22,23,24). The number of rotatable bonds is 7. The van der Waals surface area contributed by atoms with Crippen molar-refractivity contribution in [3.8, 4) is 17.0 Å². The van der Waals surface area contributed by atoms with Gasteiger partial charge in [-0.05, 0) is 49.2 Å². The Morgan fingerprint density at radius 3 is 2.73 bits per heavy atom. The van der Waals surface area contributed by atoms with Crippen LogP contribution in [0.2, 0.25) is 0 Å². The molecule has 0 aliphatic carbocycles. The third-order valence-corrected chi connectivity index (χ3v) is 4.55. The number of nitrogens with one attached hydrogen (secondary N) is 1. The molecule has 0 atom stereocenters. The Morgan fingerprint density at radius 2 is 1.96 bits per heavy atom. The number of hydrogen-bond donors (Lipinski definition) is 1. The van der Waals surface area contributed by atoms with Gasteiger partial charge >= 0.3 is 0 Å². The predicted molar refractivity (Wildman–Crippen MR) is 102 cm³/mol. The predicted octanol–water partition coefficient (Wildman–Crippen LogP) is 5.06. The Morgan fingerprint density at radius 1 is 1.19 bits per heavy atom. The van der Waals surface area contributed by atoms with E-state index in [-0.39, 0.29) is 11.7 Å². The van der Waals surface area contributed by atoms with Crippen molar-refractivity contribution in [1.82, 2.24) is 4.98 Å². The molecule has 0 saturated heterocycles. The van der Waals surface area contributed by atoms with Crippen LogP contribution in [-0.4, -0.2) is 17.5 Å². The summed E-state index contributed by atoms with van der Waals surface area (Å²) < 4.78 is 18.7. The van der Waals surface area contributed by atoms with Crippen LogP contribution in [-0.2, 0) is 4.79 Å². The highest BCUT2D eigenvalue weighted by Crippen LogP contribution is 2.25. The van der Waals surface area contributed by atoms with E-state index in [1.54, 1.807) is 12.1 Å². The van der Waals surface area contributed by atoms with Gasteiger partial charge in [0, 0.05) is 17.4 Å². The molecule has 1 N–H and O–H groups in total. The average molecular weight is 370 g/mol. The number of halogens is 1. The number of nitrogens with zero attached hydrogens (tertiary/aromatic N) is 1. The van der Waals surface area contributed by atoms with Gasteiger partial charge in [0.2, 0.25) is 5.91 Å². The summed E-state index contributed by atoms with van der Waals surface area (Å²) >= 11 is 1.35. The van der Waals surface area contributed by atoms with Crippen LogP contribution in [0.1, 0.15) is 18.4 Å². The van der Waals surface area contributed by atoms with E-state index >= 15 is 0 Å². The molecule has 4 nitrogen and oxygen atoms in total. The van der Waals surface area contributed by atoms with Crippen LogP contribution in [0.5, 0.6) is 5.75 Å². The molecule has 0 bridgehead atoms. The van der Waals surface area contributed by atoms with Gasteiger partial charge in [0.25, 0.3) is 0 Å². The minimum absolute atomic E-state index is 0.0987. The van der Waals surface area contributed by atoms with Gasteiger partial charge in [-0.1, -0.05) is 18.2 Å². The van der Waals surface area contributed by atoms with E-state index < -0.39 is 0 Å². The number of carbonyl (C=O) groups is 1. The molecule has 26 heavy (non-hydrogen) atoms. The maximum atomic E-state index is 13.0. The summed E-state index contributed by atoms with van der Waals surface area (Å²) in [7, 11) is 0. The Hall–Kier alpha value is -2.73. The molecule has 0 radical (unpaired) electrons. The maximum absolute atomic E-state index is 13.0. The van der Waals surface area contributed by atoms with Crippen LogP contribution in [0.15, 0.2) is 53.9 Å². The van der Waals surface area contributed by atoms with E-state index in [0.717, 1.165) is 16.9 Å². The lowest BCUT2D eigenvalue weighted by molar-refractivity contribution is -0.116. The van der Waals surface area contributed by atoms with Gasteiger partial charge in [-0.3, -0.25) is 4.79 Å². The molecular formula is C20H19FN2O2S. The Kier molecular flexibility index (Phi) is 5.96. The van der Waals surface area contributed by atoms with Crippen molar-refractivity contribution in [2.24, 2.45) is 0 Å². The van der Waals surface area contributed by atoms with Crippen molar-refractivity contribution >= 4 is 22.4 Å². The second-order valence-electron chi connectivity index (χ2n) is 5.81. The van der Waals surface area contributed by atoms with E-state index in [4.69, 9.17) is 4.74 Å². The minimum Gasteiger partial charge on any atom is -0.493 e. The molecule has 1 heterocycles. The lowest BCUT2D eigenvalue weighted by Gasteiger charge is -2.08. The molecule has 0 saturated carbocycles. The second-order valence-corrected chi connectivity index (χ2v) is 6.67. The molecule has 3 rings (SSSR count). The highest BCUT2D eigenvalue weighted by Gasteiger charge is 2.08. The minimum atomic E-state index is -0.287.